The Balaban J connectivity index is 0.000001000. The van der Waals surface area contributed by atoms with E-state index in [1.165, 1.54) is 0 Å². The second kappa shape index (κ2) is 5.42. The Morgan fingerprint density at radius 3 is 2.91 bits per heavy atom. The second-order valence-corrected chi connectivity index (χ2v) is 1.99. The van der Waals surface area contributed by atoms with Crippen LogP contribution < -0.4 is 18.9 Å². The minimum Gasteiger partial charge on any atom is -0.431 e. The zero-order valence-electron chi connectivity index (χ0n) is 7.24. The molecule has 4 heteroatoms. The van der Waals surface area contributed by atoms with Crippen LogP contribution in [0, 0.1) is 6.33 Å². The van der Waals surface area contributed by atoms with Gasteiger partial charge in [0.2, 0.25) is 0 Å². The molecule has 1 heterocycles. The van der Waals surface area contributed by atoms with E-state index in [1.807, 2.05) is 20.0 Å². The minimum atomic E-state index is 0. The number of nitrogens with zero attached hydrogens (tertiary/aromatic N) is 2. The van der Waals surface area contributed by atoms with E-state index in [0.29, 0.717) is 6.61 Å². The van der Waals surface area contributed by atoms with Crippen molar-refractivity contribution in [3.05, 3.63) is 18.7 Å². The van der Waals surface area contributed by atoms with Crippen molar-refractivity contribution in [3.8, 4) is 0 Å². The summed E-state index contributed by atoms with van der Waals surface area (Å²) in [5.74, 6) is 0. The fourth-order valence-electron chi connectivity index (χ4n) is 0.763. The predicted molar refractivity (Wildman–Crippen MR) is 37.4 cm³/mol. The third kappa shape index (κ3) is 3.11. The molecule has 0 aromatic carbocycles. The quantitative estimate of drug-likeness (QED) is 0.373. The maximum atomic E-state index is 5.28. The molecular formula is C7H11LiN2O. The van der Waals surface area contributed by atoms with E-state index in [1.54, 1.807) is 10.8 Å². The maximum Gasteiger partial charge on any atom is 1.00 e. The number of hydrogen-bond acceptors (Lipinski definition) is 2. The Morgan fingerprint density at radius 1 is 1.73 bits per heavy atom. The van der Waals surface area contributed by atoms with Gasteiger partial charge < -0.3 is 14.3 Å². The van der Waals surface area contributed by atoms with Crippen LogP contribution in [0.2, 0.25) is 0 Å². The van der Waals surface area contributed by atoms with Crippen LogP contribution in [-0.2, 0) is 4.74 Å². The van der Waals surface area contributed by atoms with Crippen molar-refractivity contribution in [1.82, 2.24) is 9.55 Å². The molecule has 0 saturated heterocycles. The largest absolute Gasteiger partial charge is 1.00 e. The molecule has 0 aliphatic rings. The third-order valence-corrected chi connectivity index (χ3v) is 1.27. The number of imidazole rings is 1. The zero-order chi connectivity index (χ0) is 7.40. The van der Waals surface area contributed by atoms with Crippen LogP contribution in [0.4, 0.5) is 0 Å². The third-order valence-electron chi connectivity index (χ3n) is 1.27. The van der Waals surface area contributed by atoms with Gasteiger partial charge in [-0.2, -0.15) is 0 Å². The van der Waals surface area contributed by atoms with Gasteiger partial charge >= 0.3 is 18.9 Å². The molecule has 0 radical (unpaired) electrons. The molecule has 0 amide bonds. The molecule has 56 valence electrons. The average molecular weight is 146 g/mol. The van der Waals surface area contributed by atoms with E-state index in [0.717, 1.165) is 0 Å². The van der Waals surface area contributed by atoms with Crippen LogP contribution in [0.25, 0.3) is 0 Å². The van der Waals surface area contributed by atoms with Crippen LogP contribution in [0.3, 0.4) is 0 Å². The molecule has 1 atom stereocenters. The molecule has 0 N–H and O–H groups in total. The fraction of sp³-hybridized carbons (Fsp3) is 0.571. The molecule has 0 spiro atoms. The van der Waals surface area contributed by atoms with Gasteiger partial charge in [0.25, 0.3) is 0 Å². The minimum absolute atomic E-state index is 0. The molecule has 0 aliphatic heterocycles. The standard InChI is InChI=1S/C7H11N2O.Li/c1-3-10-7(2)9-5-4-8-6-9;/h4-5,7H,3H2,1-2H3;/q-1;+1. The van der Waals surface area contributed by atoms with Gasteiger partial charge in [-0.3, -0.25) is 0 Å². The fourth-order valence-corrected chi connectivity index (χ4v) is 0.763. The molecule has 0 fully saturated rings. The first-order valence-electron chi connectivity index (χ1n) is 3.36. The summed E-state index contributed by atoms with van der Waals surface area (Å²) < 4.78 is 7.07. The number of ether oxygens (including phenoxy) is 1. The topological polar surface area (TPSA) is 27.1 Å². The molecule has 1 unspecified atom stereocenters. The van der Waals surface area contributed by atoms with E-state index >= 15 is 0 Å². The smallest absolute Gasteiger partial charge is 0.431 e. The van der Waals surface area contributed by atoms with Gasteiger partial charge in [-0.15, -0.1) is 12.4 Å². The van der Waals surface area contributed by atoms with Crippen LogP contribution in [0.15, 0.2) is 12.4 Å². The van der Waals surface area contributed by atoms with Crippen LogP contribution in [-0.4, -0.2) is 16.2 Å². The molecule has 0 aliphatic carbocycles. The molecule has 3 nitrogen and oxygen atoms in total. The number of rotatable bonds is 3. The van der Waals surface area contributed by atoms with Gasteiger partial charge in [-0.1, -0.05) is 0 Å². The first-order valence-corrected chi connectivity index (χ1v) is 3.36. The van der Waals surface area contributed by atoms with Crippen molar-refractivity contribution in [1.29, 1.82) is 0 Å². The van der Waals surface area contributed by atoms with E-state index < -0.39 is 0 Å². The van der Waals surface area contributed by atoms with Gasteiger partial charge in [0.1, 0.15) is 6.23 Å². The summed E-state index contributed by atoms with van der Waals surface area (Å²) in [6.07, 6.45) is 6.34. The summed E-state index contributed by atoms with van der Waals surface area (Å²) >= 11 is 0. The first-order chi connectivity index (χ1) is 4.84. The van der Waals surface area contributed by atoms with Crippen molar-refractivity contribution in [2.75, 3.05) is 6.61 Å². The van der Waals surface area contributed by atoms with Crippen LogP contribution >= 0.6 is 0 Å². The monoisotopic (exact) mass is 146 g/mol. The summed E-state index contributed by atoms with van der Waals surface area (Å²) in [5.41, 5.74) is 0. The number of hydrogen-bond donors (Lipinski definition) is 0. The second-order valence-electron chi connectivity index (χ2n) is 1.99. The Hall–Kier alpha value is -0.233. The van der Waals surface area contributed by atoms with Gasteiger partial charge in [0.05, 0.1) is 0 Å². The van der Waals surface area contributed by atoms with E-state index in [-0.39, 0.29) is 25.1 Å². The van der Waals surface area contributed by atoms with E-state index in [9.17, 15) is 0 Å². The first kappa shape index (κ1) is 10.8. The Labute approximate surface area is 78.9 Å². The predicted octanol–water partition coefficient (Wildman–Crippen LogP) is -1.76. The maximum absolute atomic E-state index is 5.28. The molecule has 1 rings (SSSR count). The number of aromatic nitrogens is 2. The normalized spacial score (nSPS) is 12.2. The zero-order valence-corrected chi connectivity index (χ0v) is 7.24. The van der Waals surface area contributed by atoms with Gasteiger partial charge in [0.15, 0.2) is 0 Å². The Bertz CT molecular complexity index is 177. The molecule has 0 saturated carbocycles. The summed E-state index contributed by atoms with van der Waals surface area (Å²) in [6.45, 7) is 4.64. The summed E-state index contributed by atoms with van der Waals surface area (Å²) in [6, 6.07) is 0. The van der Waals surface area contributed by atoms with Crippen molar-refractivity contribution < 1.29 is 23.6 Å². The van der Waals surface area contributed by atoms with E-state index in [2.05, 4.69) is 11.3 Å². The van der Waals surface area contributed by atoms with Crippen LogP contribution in [0.1, 0.15) is 20.1 Å². The summed E-state index contributed by atoms with van der Waals surface area (Å²) in [5, 5.41) is 0. The van der Waals surface area contributed by atoms with Gasteiger partial charge in [-0.05, 0) is 13.8 Å². The van der Waals surface area contributed by atoms with Crippen LogP contribution in [0.5, 0.6) is 0 Å². The molecule has 1 aromatic rings. The Kier molecular flexibility index (Phi) is 5.31. The SMILES string of the molecule is CCOC(C)n1[c-]ncc1.[Li+]. The molecule has 0 bridgehead atoms. The van der Waals surface area contributed by atoms with Crippen molar-refractivity contribution in [2.24, 2.45) is 0 Å². The van der Waals surface area contributed by atoms with Gasteiger partial charge in [-0.25, -0.2) is 0 Å². The summed E-state index contributed by atoms with van der Waals surface area (Å²) in [7, 11) is 0. The van der Waals surface area contributed by atoms with Gasteiger partial charge in [0, 0.05) is 12.9 Å². The molecule has 11 heavy (non-hydrogen) atoms. The molecular weight excluding hydrogens is 135 g/mol. The average Bonchev–Trinajstić information content (AvgIpc) is 2.38. The van der Waals surface area contributed by atoms with E-state index in [4.69, 9.17) is 4.74 Å². The molecule has 1 aromatic heterocycles. The Morgan fingerprint density at radius 2 is 2.45 bits per heavy atom. The van der Waals surface area contributed by atoms with Crippen molar-refractivity contribution in [3.63, 3.8) is 0 Å². The van der Waals surface area contributed by atoms with Crippen molar-refractivity contribution in [2.45, 2.75) is 20.1 Å². The summed E-state index contributed by atoms with van der Waals surface area (Å²) in [4.78, 5) is 3.78. The van der Waals surface area contributed by atoms with Crippen molar-refractivity contribution >= 4 is 0 Å².